The van der Waals surface area contributed by atoms with E-state index in [0.29, 0.717) is 32.1 Å². The Kier molecular flexibility index (Phi) is 4.10. The molecule has 8 nitrogen and oxygen atoms in total. The van der Waals surface area contributed by atoms with Gasteiger partial charge in [-0.05, 0) is 31.9 Å². The van der Waals surface area contributed by atoms with Gasteiger partial charge in [0, 0.05) is 31.9 Å². The zero-order valence-electron chi connectivity index (χ0n) is 14.7. The van der Waals surface area contributed by atoms with Crippen molar-refractivity contribution in [2.24, 2.45) is 0 Å². The zero-order valence-corrected chi connectivity index (χ0v) is 14.7. The van der Waals surface area contributed by atoms with Crippen LogP contribution in [0.4, 0.5) is 11.6 Å². The van der Waals surface area contributed by atoms with Crippen LogP contribution in [0.15, 0.2) is 33.9 Å². The summed E-state index contributed by atoms with van der Waals surface area (Å²) in [6, 6.07) is 7.90. The van der Waals surface area contributed by atoms with E-state index in [1.54, 1.807) is 4.90 Å². The molecular weight excluding hydrogens is 334 g/mol. The van der Waals surface area contributed by atoms with E-state index in [1.165, 1.54) is 4.57 Å². The molecule has 3 heterocycles. The van der Waals surface area contributed by atoms with Crippen molar-refractivity contribution < 1.29 is 4.79 Å². The van der Waals surface area contributed by atoms with E-state index in [0.717, 1.165) is 28.8 Å². The van der Waals surface area contributed by atoms with Gasteiger partial charge in [-0.25, -0.2) is 4.68 Å². The van der Waals surface area contributed by atoms with Crippen LogP contribution in [0.5, 0.6) is 0 Å². The molecule has 0 bridgehead atoms. The van der Waals surface area contributed by atoms with Crippen LogP contribution >= 0.6 is 0 Å². The number of amides is 1. The third kappa shape index (κ3) is 2.81. The number of likely N-dealkylation sites (tertiary alicyclic amines) is 1. The molecule has 0 N–H and O–H groups in total. The zero-order chi connectivity index (χ0) is 18.3. The second-order valence-electron chi connectivity index (χ2n) is 6.79. The van der Waals surface area contributed by atoms with Gasteiger partial charge in [-0.3, -0.25) is 19.0 Å². The largest absolute Gasteiger partial charge is 0.341 e. The van der Waals surface area contributed by atoms with Crippen LogP contribution in [0.3, 0.4) is 0 Å². The van der Waals surface area contributed by atoms with Crippen molar-refractivity contribution in [1.82, 2.24) is 19.2 Å². The molecule has 26 heavy (non-hydrogen) atoms. The highest BCUT2D eigenvalue weighted by molar-refractivity contribution is 5.76. The van der Waals surface area contributed by atoms with Crippen molar-refractivity contribution in [2.45, 2.75) is 32.9 Å². The lowest BCUT2D eigenvalue weighted by molar-refractivity contribution is -0.131. The number of fused-ring (bicyclic) bond motifs is 1. The second-order valence-corrected chi connectivity index (χ2v) is 6.79. The Bertz CT molecular complexity index is 954. The first-order chi connectivity index (χ1) is 12.5. The Morgan fingerprint density at radius 3 is 2.38 bits per heavy atom. The van der Waals surface area contributed by atoms with Crippen LogP contribution < -0.4 is 16.0 Å². The fraction of sp³-hybridized carbons (Fsp3) is 0.444. The second kappa shape index (κ2) is 6.44. The molecule has 1 saturated heterocycles. The highest BCUT2D eigenvalue weighted by Crippen LogP contribution is 2.26. The van der Waals surface area contributed by atoms with E-state index in [-0.39, 0.29) is 12.5 Å². The Morgan fingerprint density at radius 1 is 1.00 bits per heavy atom. The molecule has 0 spiro atoms. The van der Waals surface area contributed by atoms with Crippen LogP contribution in [-0.2, 0) is 17.9 Å². The molecule has 136 valence electrons. The van der Waals surface area contributed by atoms with Crippen molar-refractivity contribution in [1.29, 1.82) is 0 Å². The summed E-state index contributed by atoms with van der Waals surface area (Å²) >= 11 is 0. The Hall–Kier alpha value is -2.90. The number of hydrogen-bond donors (Lipinski definition) is 0. The van der Waals surface area contributed by atoms with Crippen LogP contribution in [0.1, 0.15) is 18.4 Å². The normalized spacial score (nSPS) is 16.2. The standard InChI is InChI=1S/C18H21N5O3/c1-13-4-6-14(7-5-13)21-10-11-22-16(25)17(26)23(19-18(21)22)12-15(24)20-8-2-3-9-20/h4-7H,2-3,8-12H2,1H3. The van der Waals surface area contributed by atoms with Gasteiger partial charge in [0.2, 0.25) is 11.9 Å². The Labute approximate surface area is 150 Å². The van der Waals surface area contributed by atoms with Gasteiger partial charge in [0.05, 0.1) is 0 Å². The minimum Gasteiger partial charge on any atom is -0.341 e. The molecule has 0 aliphatic carbocycles. The number of nitrogens with zero attached hydrogens (tertiary/aromatic N) is 5. The molecule has 2 aromatic rings. The van der Waals surface area contributed by atoms with E-state index in [9.17, 15) is 14.4 Å². The molecule has 0 saturated carbocycles. The van der Waals surface area contributed by atoms with Gasteiger partial charge in [0.1, 0.15) is 6.54 Å². The van der Waals surface area contributed by atoms with E-state index in [4.69, 9.17) is 0 Å². The molecule has 8 heteroatoms. The van der Waals surface area contributed by atoms with Gasteiger partial charge in [-0.15, -0.1) is 5.10 Å². The van der Waals surface area contributed by atoms with Crippen LogP contribution in [0.25, 0.3) is 0 Å². The smallest absolute Gasteiger partial charge is 0.333 e. The highest BCUT2D eigenvalue weighted by atomic mass is 16.2. The maximum Gasteiger partial charge on any atom is 0.333 e. The Balaban J connectivity index is 1.69. The maximum absolute atomic E-state index is 12.5. The predicted molar refractivity (Wildman–Crippen MR) is 96.8 cm³/mol. The van der Waals surface area contributed by atoms with Gasteiger partial charge in [0.15, 0.2) is 0 Å². The molecule has 1 aromatic heterocycles. The summed E-state index contributed by atoms with van der Waals surface area (Å²) in [7, 11) is 0. The van der Waals surface area contributed by atoms with Crippen molar-refractivity contribution in [2.75, 3.05) is 24.5 Å². The average Bonchev–Trinajstić information content (AvgIpc) is 3.30. The number of hydrogen-bond acceptors (Lipinski definition) is 5. The summed E-state index contributed by atoms with van der Waals surface area (Å²) in [6.45, 7) is 4.19. The lowest BCUT2D eigenvalue weighted by Crippen LogP contribution is -2.45. The SMILES string of the molecule is Cc1ccc(N2CCn3c2nn(CC(=O)N2CCCC2)c(=O)c3=O)cc1. The fourth-order valence-electron chi connectivity index (χ4n) is 3.50. The molecule has 0 unspecified atom stereocenters. The topological polar surface area (TPSA) is 80.4 Å². The lowest BCUT2D eigenvalue weighted by Gasteiger charge is -2.19. The van der Waals surface area contributed by atoms with Crippen molar-refractivity contribution in [3.63, 3.8) is 0 Å². The monoisotopic (exact) mass is 355 g/mol. The first-order valence-corrected chi connectivity index (χ1v) is 8.88. The summed E-state index contributed by atoms with van der Waals surface area (Å²) in [5.74, 6) is 0.244. The summed E-state index contributed by atoms with van der Waals surface area (Å²) in [4.78, 5) is 40.8. The highest BCUT2D eigenvalue weighted by Gasteiger charge is 2.27. The van der Waals surface area contributed by atoms with E-state index in [1.807, 2.05) is 36.1 Å². The number of carbonyl (C=O) groups is 1. The van der Waals surface area contributed by atoms with E-state index in [2.05, 4.69) is 5.10 Å². The fourth-order valence-corrected chi connectivity index (χ4v) is 3.50. The summed E-state index contributed by atoms with van der Waals surface area (Å²) in [5, 5.41) is 4.35. The third-order valence-corrected chi connectivity index (χ3v) is 4.99. The van der Waals surface area contributed by atoms with Crippen molar-refractivity contribution in [3.8, 4) is 0 Å². The van der Waals surface area contributed by atoms with Crippen LogP contribution in [0, 0.1) is 6.92 Å². The summed E-state index contributed by atoms with van der Waals surface area (Å²) in [6.07, 6.45) is 1.95. The Morgan fingerprint density at radius 2 is 1.69 bits per heavy atom. The minimum absolute atomic E-state index is 0.165. The van der Waals surface area contributed by atoms with Gasteiger partial charge < -0.3 is 9.80 Å². The number of rotatable bonds is 3. The minimum atomic E-state index is -0.743. The summed E-state index contributed by atoms with van der Waals surface area (Å²) in [5.41, 5.74) is 0.676. The van der Waals surface area contributed by atoms with E-state index >= 15 is 0 Å². The van der Waals surface area contributed by atoms with Gasteiger partial charge in [-0.2, -0.15) is 0 Å². The molecule has 0 atom stereocenters. The number of carbonyl (C=O) groups excluding carboxylic acids is 1. The van der Waals surface area contributed by atoms with E-state index < -0.39 is 11.1 Å². The lowest BCUT2D eigenvalue weighted by atomic mass is 10.2. The quantitative estimate of drug-likeness (QED) is 0.749. The number of benzene rings is 1. The molecule has 1 amide bonds. The maximum atomic E-state index is 12.5. The van der Waals surface area contributed by atoms with Crippen molar-refractivity contribution >= 4 is 17.5 Å². The van der Waals surface area contributed by atoms with Crippen LogP contribution in [-0.4, -0.2) is 44.8 Å². The molecule has 2 aliphatic heterocycles. The van der Waals surface area contributed by atoms with Crippen molar-refractivity contribution in [3.05, 3.63) is 50.5 Å². The average molecular weight is 355 g/mol. The molecule has 2 aliphatic rings. The molecular formula is C18H21N5O3. The predicted octanol–water partition coefficient (Wildman–Crippen LogP) is 0.488. The van der Waals surface area contributed by atoms with Gasteiger partial charge in [-0.1, -0.05) is 17.7 Å². The number of aryl methyl sites for hydroxylation is 1. The summed E-state index contributed by atoms with van der Waals surface area (Å²) < 4.78 is 2.40. The molecule has 1 aromatic carbocycles. The first kappa shape index (κ1) is 16.6. The number of anilines is 2. The van der Waals surface area contributed by atoms with Gasteiger partial charge in [0.25, 0.3) is 0 Å². The molecule has 0 radical (unpaired) electrons. The molecule has 1 fully saturated rings. The number of aromatic nitrogens is 3. The van der Waals surface area contributed by atoms with Crippen LogP contribution in [0.2, 0.25) is 0 Å². The van der Waals surface area contributed by atoms with Gasteiger partial charge >= 0.3 is 11.1 Å². The first-order valence-electron chi connectivity index (χ1n) is 8.88. The molecule has 4 rings (SSSR count). The third-order valence-electron chi connectivity index (χ3n) is 4.99.